The molecule has 1 aromatic heterocycles. The number of halogens is 4. The molecule has 1 fully saturated rings. The van der Waals surface area contributed by atoms with Gasteiger partial charge < -0.3 is 5.32 Å². The van der Waals surface area contributed by atoms with Crippen molar-refractivity contribution in [2.75, 3.05) is 11.9 Å². The average Bonchev–Trinajstić information content (AvgIpc) is 2.97. The van der Waals surface area contributed by atoms with E-state index in [2.05, 4.69) is 22.1 Å². The Hall–Kier alpha value is -2.00. The summed E-state index contributed by atoms with van der Waals surface area (Å²) in [6.07, 6.45) is -1.42. The molecule has 0 aliphatic carbocycles. The molecule has 152 valence electrons. The fourth-order valence-corrected chi connectivity index (χ4v) is 4.41. The topological polar surface area (TPSA) is 45.2 Å². The molecule has 1 amide bonds. The van der Waals surface area contributed by atoms with E-state index in [9.17, 15) is 22.4 Å². The molecule has 1 aromatic carbocycles. The molecule has 0 radical (unpaired) electrons. The standard InChI is InChI=1S/C19H21F4N3OS/c1-11-5-3-4-6-26(11)10-16-17(25-18(28-16)24-12(2)27)13-7-14(19(21,22)23)9-15(20)8-13/h7-9,11H,3-6,10H2,1-2H3,(H,24,25,27). The Kier molecular flexibility index (Phi) is 6.04. The molecule has 4 nitrogen and oxygen atoms in total. The van der Waals surface area contributed by atoms with Crippen LogP contribution in [0.25, 0.3) is 11.3 Å². The molecule has 1 N–H and O–H groups in total. The van der Waals surface area contributed by atoms with Crippen LogP contribution in [0.4, 0.5) is 22.7 Å². The van der Waals surface area contributed by atoms with Gasteiger partial charge in [-0.3, -0.25) is 9.69 Å². The molecule has 1 saturated heterocycles. The van der Waals surface area contributed by atoms with Crippen LogP contribution in [0, 0.1) is 5.82 Å². The van der Waals surface area contributed by atoms with E-state index in [1.165, 1.54) is 18.3 Å². The van der Waals surface area contributed by atoms with Gasteiger partial charge in [0.05, 0.1) is 11.3 Å². The molecule has 0 spiro atoms. The quantitative estimate of drug-likeness (QED) is 0.689. The van der Waals surface area contributed by atoms with Crippen molar-refractivity contribution in [3.63, 3.8) is 0 Å². The van der Waals surface area contributed by atoms with Gasteiger partial charge in [-0.05, 0) is 44.5 Å². The first-order valence-corrected chi connectivity index (χ1v) is 9.84. The molecular weight excluding hydrogens is 394 g/mol. The summed E-state index contributed by atoms with van der Waals surface area (Å²) in [4.78, 5) is 18.6. The number of nitrogens with zero attached hydrogens (tertiary/aromatic N) is 2. The Morgan fingerprint density at radius 2 is 2.07 bits per heavy atom. The van der Waals surface area contributed by atoms with E-state index >= 15 is 0 Å². The highest BCUT2D eigenvalue weighted by Gasteiger charge is 2.32. The number of hydrogen-bond donors (Lipinski definition) is 1. The second-order valence-electron chi connectivity index (χ2n) is 7.01. The largest absolute Gasteiger partial charge is 0.416 e. The highest BCUT2D eigenvalue weighted by atomic mass is 32.1. The minimum absolute atomic E-state index is 0.0554. The van der Waals surface area contributed by atoms with Crippen LogP contribution < -0.4 is 5.32 Å². The van der Waals surface area contributed by atoms with Crippen molar-refractivity contribution in [2.24, 2.45) is 0 Å². The first-order chi connectivity index (χ1) is 13.1. The van der Waals surface area contributed by atoms with Gasteiger partial charge in [0.25, 0.3) is 0 Å². The number of alkyl halides is 3. The smallest absolute Gasteiger partial charge is 0.302 e. The number of rotatable bonds is 4. The summed E-state index contributed by atoms with van der Waals surface area (Å²) in [6.45, 7) is 4.81. The van der Waals surface area contributed by atoms with E-state index in [-0.39, 0.29) is 17.2 Å². The molecule has 1 aliphatic heterocycles. The molecule has 3 rings (SSSR count). The number of benzene rings is 1. The maximum Gasteiger partial charge on any atom is 0.416 e. The SMILES string of the molecule is CC(=O)Nc1nc(-c2cc(F)cc(C(F)(F)F)c2)c(CN2CCCCC2C)s1. The predicted octanol–water partition coefficient (Wildman–Crippen LogP) is 5.30. The van der Waals surface area contributed by atoms with Crippen LogP contribution in [0.5, 0.6) is 0 Å². The number of carbonyl (C=O) groups is 1. The maximum absolute atomic E-state index is 13.9. The fourth-order valence-electron chi connectivity index (χ4n) is 3.36. The lowest BCUT2D eigenvalue weighted by molar-refractivity contribution is -0.137. The number of nitrogens with one attached hydrogen (secondary N) is 1. The van der Waals surface area contributed by atoms with Gasteiger partial charge in [-0.15, -0.1) is 0 Å². The summed E-state index contributed by atoms with van der Waals surface area (Å²) in [6, 6.07) is 2.76. The van der Waals surface area contributed by atoms with Gasteiger partial charge in [0.15, 0.2) is 5.13 Å². The van der Waals surface area contributed by atoms with Gasteiger partial charge in [0.2, 0.25) is 5.91 Å². The lowest BCUT2D eigenvalue weighted by atomic mass is 10.0. The molecule has 0 saturated carbocycles. The van der Waals surface area contributed by atoms with Gasteiger partial charge in [0.1, 0.15) is 5.82 Å². The summed E-state index contributed by atoms with van der Waals surface area (Å²) in [5, 5.41) is 2.87. The van der Waals surface area contributed by atoms with E-state index in [4.69, 9.17) is 0 Å². The minimum atomic E-state index is -4.66. The van der Waals surface area contributed by atoms with Crippen molar-refractivity contribution in [3.05, 3.63) is 34.5 Å². The molecular formula is C19H21F4N3OS. The minimum Gasteiger partial charge on any atom is -0.302 e. The number of aromatic nitrogens is 1. The number of hydrogen-bond acceptors (Lipinski definition) is 4. The molecule has 2 heterocycles. The summed E-state index contributed by atoms with van der Waals surface area (Å²) in [5.41, 5.74) is -0.731. The zero-order valence-corrected chi connectivity index (χ0v) is 16.4. The van der Waals surface area contributed by atoms with Gasteiger partial charge in [-0.25, -0.2) is 9.37 Å². The third-order valence-electron chi connectivity index (χ3n) is 4.77. The monoisotopic (exact) mass is 415 g/mol. The summed E-state index contributed by atoms with van der Waals surface area (Å²) >= 11 is 1.21. The number of anilines is 1. The molecule has 1 unspecified atom stereocenters. The Morgan fingerprint density at radius 3 is 2.71 bits per heavy atom. The lowest BCUT2D eigenvalue weighted by Crippen LogP contribution is -2.36. The van der Waals surface area contributed by atoms with Gasteiger partial charge in [-0.2, -0.15) is 13.2 Å². The Bertz CT molecular complexity index is 865. The van der Waals surface area contributed by atoms with E-state index in [1.807, 2.05) is 0 Å². The molecule has 9 heteroatoms. The van der Waals surface area contributed by atoms with Gasteiger partial charge in [0, 0.05) is 30.0 Å². The summed E-state index contributed by atoms with van der Waals surface area (Å²) in [7, 11) is 0. The van der Waals surface area contributed by atoms with Crippen molar-refractivity contribution in [2.45, 2.75) is 51.9 Å². The second-order valence-corrected chi connectivity index (χ2v) is 8.10. The normalized spacial score (nSPS) is 18.3. The zero-order valence-electron chi connectivity index (χ0n) is 15.6. The number of likely N-dealkylation sites (tertiary alicyclic amines) is 1. The van der Waals surface area contributed by atoms with Crippen LogP contribution in [0.3, 0.4) is 0 Å². The van der Waals surface area contributed by atoms with Crippen LogP contribution >= 0.6 is 11.3 Å². The fraction of sp³-hybridized carbons (Fsp3) is 0.474. The second kappa shape index (κ2) is 8.16. The van der Waals surface area contributed by atoms with Crippen molar-refractivity contribution < 1.29 is 22.4 Å². The van der Waals surface area contributed by atoms with Crippen molar-refractivity contribution in [3.8, 4) is 11.3 Å². The Morgan fingerprint density at radius 1 is 1.32 bits per heavy atom. The number of carbonyl (C=O) groups excluding carboxylic acids is 1. The average molecular weight is 415 g/mol. The Balaban J connectivity index is 2.02. The van der Waals surface area contributed by atoms with Crippen molar-refractivity contribution in [1.29, 1.82) is 0 Å². The van der Waals surface area contributed by atoms with E-state index in [0.29, 0.717) is 28.7 Å². The van der Waals surface area contributed by atoms with Crippen molar-refractivity contribution >= 4 is 22.4 Å². The molecule has 1 aliphatic rings. The first-order valence-electron chi connectivity index (χ1n) is 9.03. The van der Waals surface area contributed by atoms with Gasteiger partial charge in [-0.1, -0.05) is 17.8 Å². The lowest BCUT2D eigenvalue weighted by Gasteiger charge is -2.33. The molecule has 28 heavy (non-hydrogen) atoms. The third-order valence-corrected chi connectivity index (χ3v) is 5.72. The molecule has 2 aromatic rings. The third kappa shape index (κ3) is 4.88. The zero-order chi connectivity index (χ0) is 20.5. The predicted molar refractivity (Wildman–Crippen MR) is 101 cm³/mol. The van der Waals surface area contributed by atoms with Crippen LogP contribution in [-0.2, 0) is 17.5 Å². The molecule has 0 bridgehead atoms. The first kappa shape index (κ1) is 20.7. The number of amides is 1. The van der Waals surface area contributed by atoms with Crippen LogP contribution in [0.2, 0.25) is 0 Å². The summed E-state index contributed by atoms with van der Waals surface area (Å²) in [5.74, 6) is -1.30. The maximum atomic E-state index is 13.9. The van der Waals surface area contributed by atoms with E-state index in [0.717, 1.165) is 37.9 Å². The highest BCUT2D eigenvalue weighted by molar-refractivity contribution is 7.16. The highest BCUT2D eigenvalue weighted by Crippen LogP contribution is 2.37. The Labute approximate surface area is 164 Å². The van der Waals surface area contributed by atoms with E-state index in [1.54, 1.807) is 0 Å². The number of thiazole rings is 1. The number of piperidine rings is 1. The van der Waals surface area contributed by atoms with Crippen LogP contribution in [0.15, 0.2) is 18.2 Å². The summed E-state index contributed by atoms with van der Waals surface area (Å²) < 4.78 is 53.3. The van der Waals surface area contributed by atoms with Gasteiger partial charge >= 0.3 is 6.18 Å². The van der Waals surface area contributed by atoms with Crippen LogP contribution in [-0.4, -0.2) is 28.4 Å². The van der Waals surface area contributed by atoms with E-state index < -0.39 is 17.6 Å². The van der Waals surface area contributed by atoms with Crippen LogP contribution in [0.1, 0.15) is 43.6 Å². The van der Waals surface area contributed by atoms with Crippen molar-refractivity contribution in [1.82, 2.24) is 9.88 Å². The molecule has 1 atom stereocenters.